The Hall–Kier alpha value is -1.20. The lowest BCUT2D eigenvalue weighted by Gasteiger charge is -2.09. The molecule has 0 fully saturated rings. The second-order valence-corrected chi connectivity index (χ2v) is 5.09. The summed E-state index contributed by atoms with van der Waals surface area (Å²) in [6, 6.07) is 2.38. The Bertz CT molecular complexity index is 452. The molecule has 2 heterocycles. The van der Waals surface area contributed by atoms with E-state index in [4.69, 9.17) is 0 Å². The first-order valence-corrected chi connectivity index (χ1v) is 6.69. The van der Waals surface area contributed by atoms with Crippen molar-refractivity contribution in [2.75, 3.05) is 0 Å². The molecule has 0 aliphatic rings. The second kappa shape index (κ2) is 5.42. The summed E-state index contributed by atoms with van der Waals surface area (Å²) in [5, 5.41) is 14.5. The maximum atomic E-state index is 9.99. The van der Waals surface area contributed by atoms with Crippen molar-refractivity contribution in [1.29, 1.82) is 0 Å². The molecule has 0 aromatic carbocycles. The molecule has 1 N–H and O–H groups in total. The van der Waals surface area contributed by atoms with Gasteiger partial charge in [-0.15, -0.1) is 11.3 Å². The molecule has 17 heavy (non-hydrogen) atoms. The number of hydrogen-bond donors (Lipinski definition) is 1. The van der Waals surface area contributed by atoms with Crippen LogP contribution in [0.5, 0.6) is 0 Å². The maximum Gasteiger partial charge on any atom is 0.0953 e. The van der Waals surface area contributed by atoms with E-state index < -0.39 is 6.10 Å². The van der Waals surface area contributed by atoms with Crippen LogP contribution in [-0.4, -0.2) is 19.9 Å². The maximum absolute atomic E-state index is 9.99. The van der Waals surface area contributed by atoms with Crippen LogP contribution in [0.1, 0.15) is 43.0 Å². The van der Waals surface area contributed by atoms with E-state index in [2.05, 4.69) is 23.9 Å². The molecule has 0 aliphatic heterocycles. The highest BCUT2D eigenvalue weighted by Gasteiger charge is 2.12. The molecule has 2 unspecified atom stereocenters. The van der Waals surface area contributed by atoms with Gasteiger partial charge in [-0.1, -0.05) is 6.92 Å². The Morgan fingerprint density at radius 1 is 1.53 bits per heavy atom. The van der Waals surface area contributed by atoms with Gasteiger partial charge in [0.15, 0.2) is 0 Å². The van der Waals surface area contributed by atoms with Gasteiger partial charge in [-0.05, 0) is 19.4 Å². The van der Waals surface area contributed by atoms with Gasteiger partial charge in [-0.25, -0.2) is 0 Å². The van der Waals surface area contributed by atoms with Gasteiger partial charge in [-0.2, -0.15) is 5.10 Å². The molecule has 92 valence electrons. The third kappa shape index (κ3) is 2.92. The molecule has 0 radical (unpaired) electrons. The van der Waals surface area contributed by atoms with E-state index in [0.717, 1.165) is 17.0 Å². The van der Waals surface area contributed by atoms with E-state index >= 15 is 0 Å². The van der Waals surface area contributed by atoms with Gasteiger partial charge in [0.1, 0.15) is 0 Å². The molecular weight excluding hydrogens is 234 g/mol. The van der Waals surface area contributed by atoms with Crippen LogP contribution in [0.3, 0.4) is 0 Å². The molecule has 2 aromatic rings. The lowest BCUT2D eigenvalue weighted by molar-refractivity contribution is 0.180. The van der Waals surface area contributed by atoms with E-state index in [9.17, 15) is 5.11 Å². The van der Waals surface area contributed by atoms with E-state index in [1.807, 2.05) is 16.9 Å². The molecule has 0 amide bonds. The molecule has 0 saturated heterocycles. The first-order valence-electron chi connectivity index (χ1n) is 5.81. The summed E-state index contributed by atoms with van der Waals surface area (Å²) in [6.07, 6.45) is 4.79. The second-order valence-electron chi connectivity index (χ2n) is 4.17. The minimum atomic E-state index is -0.497. The van der Waals surface area contributed by atoms with Crippen molar-refractivity contribution in [3.8, 4) is 0 Å². The lowest BCUT2D eigenvalue weighted by Crippen LogP contribution is -2.06. The van der Waals surface area contributed by atoms with Gasteiger partial charge >= 0.3 is 0 Å². The number of aliphatic hydroxyl groups is 1. The lowest BCUT2D eigenvalue weighted by atomic mass is 10.2. The first-order chi connectivity index (χ1) is 8.20. The van der Waals surface area contributed by atoms with Gasteiger partial charge in [0.25, 0.3) is 0 Å². The molecule has 2 aromatic heterocycles. The van der Waals surface area contributed by atoms with Crippen molar-refractivity contribution >= 4 is 11.3 Å². The van der Waals surface area contributed by atoms with Crippen LogP contribution >= 0.6 is 11.3 Å². The van der Waals surface area contributed by atoms with Crippen LogP contribution in [0.2, 0.25) is 0 Å². The highest BCUT2D eigenvalue weighted by Crippen LogP contribution is 2.21. The van der Waals surface area contributed by atoms with Crippen LogP contribution in [0.25, 0.3) is 0 Å². The highest BCUT2D eigenvalue weighted by atomic mass is 32.1. The van der Waals surface area contributed by atoms with E-state index in [1.54, 1.807) is 11.7 Å². The minimum absolute atomic E-state index is 0.407. The number of thiazole rings is 1. The molecule has 0 saturated carbocycles. The Balaban J connectivity index is 2.02. The summed E-state index contributed by atoms with van der Waals surface area (Å²) in [7, 11) is 0. The SMILES string of the molecule is CCC(C)n1ccc(CC(O)c2cncs2)n1. The molecule has 0 bridgehead atoms. The molecule has 0 aliphatic carbocycles. The van der Waals surface area contributed by atoms with E-state index in [-0.39, 0.29) is 0 Å². The third-order valence-corrected chi connectivity index (χ3v) is 3.77. The monoisotopic (exact) mass is 251 g/mol. The Morgan fingerprint density at radius 2 is 2.35 bits per heavy atom. The van der Waals surface area contributed by atoms with Crippen molar-refractivity contribution in [3.63, 3.8) is 0 Å². The summed E-state index contributed by atoms with van der Waals surface area (Å²) in [4.78, 5) is 4.86. The highest BCUT2D eigenvalue weighted by molar-refractivity contribution is 7.09. The molecule has 2 rings (SSSR count). The van der Waals surface area contributed by atoms with E-state index in [0.29, 0.717) is 12.5 Å². The molecule has 5 heteroatoms. The van der Waals surface area contributed by atoms with Crippen LogP contribution in [0.15, 0.2) is 24.0 Å². The van der Waals surface area contributed by atoms with Gasteiger partial charge in [0, 0.05) is 24.9 Å². The van der Waals surface area contributed by atoms with E-state index in [1.165, 1.54) is 11.3 Å². The van der Waals surface area contributed by atoms with Crippen molar-refractivity contribution in [3.05, 3.63) is 34.5 Å². The van der Waals surface area contributed by atoms with Crippen molar-refractivity contribution < 1.29 is 5.11 Å². The normalized spacial score (nSPS) is 14.8. The largest absolute Gasteiger partial charge is 0.387 e. The van der Waals surface area contributed by atoms with Crippen molar-refractivity contribution in [2.24, 2.45) is 0 Å². The number of hydrogen-bond acceptors (Lipinski definition) is 4. The van der Waals surface area contributed by atoms with Crippen LogP contribution in [0, 0.1) is 0 Å². The molecule has 2 atom stereocenters. The minimum Gasteiger partial charge on any atom is -0.387 e. The predicted octanol–water partition coefficient (Wildman–Crippen LogP) is 2.59. The van der Waals surface area contributed by atoms with Gasteiger partial charge in [0.05, 0.1) is 22.2 Å². The van der Waals surface area contributed by atoms with Gasteiger partial charge in [-0.3, -0.25) is 9.67 Å². The fraction of sp³-hybridized carbons (Fsp3) is 0.500. The Morgan fingerprint density at radius 3 is 3.00 bits per heavy atom. The van der Waals surface area contributed by atoms with Crippen LogP contribution < -0.4 is 0 Å². The van der Waals surface area contributed by atoms with Crippen molar-refractivity contribution in [2.45, 2.75) is 38.8 Å². The quantitative estimate of drug-likeness (QED) is 0.888. The molecular formula is C12H17N3OS. The summed E-state index contributed by atoms with van der Waals surface area (Å²) >= 11 is 1.47. The Labute approximate surface area is 105 Å². The van der Waals surface area contributed by atoms with Gasteiger partial charge < -0.3 is 5.11 Å². The topological polar surface area (TPSA) is 50.9 Å². The van der Waals surface area contributed by atoms with Crippen LogP contribution in [-0.2, 0) is 6.42 Å². The molecule has 0 spiro atoms. The number of aromatic nitrogens is 3. The zero-order valence-electron chi connectivity index (χ0n) is 10.1. The Kier molecular flexibility index (Phi) is 3.91. The predicted molar refractivity (Wildman–Crippen MR) is 68.0 cm³/mol. The summed E-state index contributed by atoms with van der Waals surface area (Å²) in [6.45, 7) is 4.27. The zero-order chi connectivity index (χ0) is 12.3. The van der Waals surface area contributed by atoms with Crippen molar-refractivity contribution in [1.82, 2.24) is 14.8 Å². The smallest absolute Gasteiger partial charge is 0.0953 e. The third-order valence-electron chi connectivity index (χ3n) is 2.89. The summed E-state index contributed by atoms with van der Waals surface area (Å²) in [5.74, 6) is 0. The number of rotatable bonds is 5. The van der Waals surface area contributed by atoms with Crippen LogP contribution in [0.4, 0.5) is 0 Å². The fourth-order valence-corrected chi connectivity index (χ4v) is 2.21. The fourth-order valence-electron chi connectivity index (χ4n) is 1.61. The average molecular weight is 251 g/mol. The first kappa shape index (κ1) is 12.3. The summed E-state index contributed by atoms with van der Waals surface area (Å²) in [5.41, 5.74) is 2.65. The zero-order valence-corrected chi connectivity index (χ0v) is 10.9. The standard InChI is InChI=1S/C12H17N3OS/c1-3-9(2)15-5-4-10(14-15)6-11(16)12-7-13-8-17-12/h4-5,7-9,11,16H,3,6H2,1-2H3. The molecule has 4 nitrogen and oxygen atoms in total. The average Bonchev–Trinajstić information content (AvgIpc) is 2.98. The number of aliphatic hydroxyl groups excluding tert-OH is 1. The summed E-state index contributed by atoms with van der Waals surface area (Å²) < 4.78 is 1.95. The van der Waals surface area contributed by atoms with Gasteiger partial charge in [0.2, 0.25) is 0 Å². The number of nitrogens with zero attached hydrogens (tertiary/aromatic N) is 3.